The summed E-state index contributed by atoms with van der Waals surface area (Å²) in [5.74, 6) is -2.21. The molecule has 0 aliphatic heterocycles. The highest BCUT2D eigenvalue weighted by atomic mass is 32.2. The number of hydrogen-bond donors (Lipinski definition) is 2. The Hall–Kier alpha value is -5.28. The minimum Gasteiger partial charge on any atom is -0.435 e. The predicted octanol–water partition coefficient (Wildman–Crippen LogP) is 6.95. The summed E-state index contributed by atoms with van der Waals surface area (Å²) in [5, 5.41) is 2.81. The number of halogens is 4. The van der Waals surface area contributed by atoms with Gasteiger partial charge in [-0.05, 0) is 48.5 Å². The van der Waals surface area contributed by atoms with Gasteiger partial charge >= 0.3 is 6.61 Å². The monoisotopic (exact) mass is 670 g/mol. The van der Waals surface area contributed by atoms with E-state index in [0.717, 1.165) is 29.0 Å². The van der Waals surface area contributed by atoms with Crippen LogP contribution in [-0.4, -0.2) is 33.4 Å². The molecular weight excluding hydrogens is 648 g/mol. The maximum absolute atomic E-state index is 13.7. The number of hydrogen-bond acceptors (Lipinski definition) is 7. The fourth-order valence-electron chi connectivity index (χ4n) is 4.34. The Morgan fingerprint density at radius 1 is 0.652 bits per heavy atom. The molecular formula is C31H22F4N4O5S2. The largest absolute Gasteiger partial charge is 0.435 e. The molecule has 236 valence electrons. The van der Waals surface area contributed by atoms with Crippen molar-refractivity contribution in [1.82, 2.24) is 9.97 Å². The van der Waals surface area contributed by atoms with E-state index in [-0.39, 0.29) is 10.6 Å². The van der Waals surface area contributed by atoms with Gasteiger partial charge in [0.05, 0.1) is 16.3 Å². The minimum absolute atomic E-state index is 0.174. The van der Waals surface area contributed by atoms with Crippen molar-refractivity contribution in [3.05, 3.63) is 127 Å². The van der Waals surface area contributed by atoms with Gasteiger partial charge in [-0.2, -0.15) is 8.78 Å². The lowest BCUT2D eigenvalue weighted by atomic mass is 10.1. The van der Waals surface area contributed by atoms with Gasteiger partial charge < -0.3 is 4.74 Å². The zero-order valence-corrected chi connectivity index (χ0v) is 24.9. The quantitative estimate of drug-likeness (QED) is 0.168. The third-order valence-corrected chi connectivity index (χ3v) is 9.14. The van der Waals surface area contributed by atoms with Gasteiger partial charge in [-0.15, -0.1) is 0 Å². The second-order valence-electron chi connectivity index (χ2n) is 9.44. The molecule has 0 atom stereocenters. The van der Waals surface area contributed by atoms with Crippen LogP contribution in [0, 0.1) is 11.6 Å². The van der Waals surface area contributed by atoms with Gasteiger partial charge in [0, 0.05) is 58.5 Å². The van der Waals surface area contributed by atoms with E-state index < -0.39 is 43.2 Å². The molecule has 0 fully saturated rings. The number of nitrogens with zero attached hydrogens (tertiary/aromatic N) is 2. The first-order valence-electron chi connectivity index (χ1n) is 13.1. The van der Waals surface area contributed by atoms with Gasteiger partial charge in [-0.25, -0.2) is 25.6 Å². The van der Waals surface area contributed by atoms with E-state index in [4.69, 9.17) is 0 Å². The molecule has 0 radical (unpaired) electrons. The molecule has 0 saturated heterocycles. The van der Waals surface area contributed by atoms with Crippen molar-refractivity contribution in [3.8, 4) is 5.75 Å². The molecule has 0 aliphatic carbocycles. The van der Waals surface area contributed by atoms with Crippen LogP contribution >= 0.6 is 0 Å². The van der Waals surface area contributed by atoms with Crippen LogP contribution in [0.5, 0.6) is 5.75 Å². The molecule has 46 heavy (non-hydrogen) atoms. The molecule has 2 N–H and O–H groups in total. The van der Waals surface area contributed by atoms with E-state index in [0.29, 0.717) is 28.2 Å². The van der Waals surface area contributed by atoms with E-state index in [1.807, 2.05) is 0 Å². The number of pyridine rings is 2. The second-order valence-corrected chi connectivity index (χ2v) is 12.8. The van der Waals surface area contributed by atoms with Crippen molar-refractivity contribution in [1.29, 1.82) is 0 Å². The molecule has 9 nitrogen and oxygen atoms in total. The molecule has 2 aromatic heterocycles. The predicted molar refractivity (Wildman–Crippen MR) is 165 cm³/mol. The first kappa shape index (κ1) is 32.1. The standard InChI is InChI=1S/C16H12F2N2O3S.C15H10F2N2O2S/c17-16(18)23-12-4-2-5-13(9-12)24(21,22)20-15-6-1-3-11-10-19-8-7-14(11)15;16-11-4-5-15(13(17)8-11)22(20,21)19-14-3-1-2-10-9-18-7-6-12(10)14/h1-10,16,20H;1-9,19H. The van der Waals surface area contributed by atoms with Crippen LogP contribution in [0.25, 0.3) is 21.5 Å². The van der Waals surface area contributed by atoms with Crippen molar-refractivity contribution in [2.24, 2.45) is 0 Å². The van der Waals surface area contributed by atoms with Crippen molar-refractivity contribution < 1.29 is 39.1 Å². The van der Waals surface area contributed by atoms with Crippen LogP contribution in [-0.2, 0) is 20.0 Å². The molecule has 6 rings (SSSR count). The summed E-state index contributed by atoms with van der Waals surface area (Å²) in [4.78, 5) is 7.15. The third kappa shape index (κ3) is 7.50. The lowest BCUT2D eigenvalue weighted by Crippen LogP contribution is -2.15. The van der Waals surface area contributed by atoms with Gasteiger partial charge in [-0.1, -0.05) is 30.3 Å². The van der Waals surface area contributed by atoms with Gasteiger partial charge in [0.25, 0.3) is 20.0 Å². The molecule has 0 spiro atoms. The highest BCUT2D eigenvalue weighted by Gasteiger charge is 2.21. The molecule has 0 aliphatic rings. The Balaban J connectivity index is 0.000000182. The van der Waals surface area contributed by atoms with E-state index in [2.05, 4.69) is 24.1 Å². The topological polar surface area (TPSA) is 127 Å². The average molecular weight is 671 g/mol. The van der Waals surface area contributed by atoms with Gasteiger partial charge in [0.1, 0.15) is 22.3 Å². The molecule has 2 heterocycles. The summed E-state index contributed by atoms with van der Waals surface area (Å²) in [7, 11) is -8.12. The van der Waals surface area contributed by atoms with Gasteiger partial charge in [0.2, 0.25) is 0 Å². The maximum Gasteiger partial charge on any atom is 0.387 e. The summed E-state index contributed by atoms with van der Waals surface area (Å²) < 4.78 is 110. The molecule has 15 heteroatoms. The van der Waals surface area contributed by atoms with Gasteiger partial charge in [0.15, 0.2) is 0 Å². The molecule has 0 bridgehead atoms. The Morgan fingerprint density at radius 3 is 1.78 bits per heavy atom. The summed E-state index contributed by atoms with van der Waals surface area (Å²) in [6.45, 7) is -3.03. The summed E-state index contributed by atoms with van der Waals surface area (Å²) in [5.41, 5.74) is 0.665. The number of sulfonamides is 2. The lowest BCUT2D eigenvalue weighted by Gasteiger charge is -2.11. The van der Waals surface area contributed by atoms with Crippen LogP contribution in [0.2, 0.25) is 0 Å². The Morgan fingerprint density at radius 2 is 1.22 bits per heavy atom. The first-order valence-corrected chi connectivity index (χ1v) is 16.1. The van der Waals surface area contributed by atoms with E-state index in [1.54, 1.807) is 67.1 Å². The zero-order valence-electron chi connectivity index (χ0n) is 23.3. The van der Waals surface area contributed by atoms with Crippen molar-refractivity contribution in [3.63, 3.8) is 0 Å². The normalized spacial score (nSPS) is 11.6. The molecule has 0 amide bonds. The van der Waals surface area contributed by atoms with E-state index in [1.165, 1.54) is 24.4 Å². The second kappa shape index (κ2) is 13.4. The molecule has 0 unspecified atom stereocenters. The highest BCUT2D eigenvalue weighted by Crippen LogP contribution is 2.28. The van der Waals surface area contributed by atoms with E-state index in [9.17, 15) is 34.4 Å². The number of alkyl halides is 2. The zero-order chi connectivity index (χ0) is 32.9. The fourth-order valence-corrected chi connectivity index (χ4v) is 6.59. The summed E-state index contributed by atoms with van der Waals surface area (Å²) in [6, 6.07) is 20.7. The number of ether oxygens (including phenoxy) is 1. The smallest absolute Gasteiger partial charge is 0.387 e. The highest BCUT2D eigenvalue weighted by molar-refractivity contribution is 7.93. The van der Waals surface area contributed by atoms with Crippen molar-refractivity contribution in [2.75, 3.05) is 9.44 Å². The number of nitrogens with one attached hydrogen (secondary N) is 2. The summed E-state index contributed by atoms with van der Waals surface area (Å²) in [6.07, 6.45) is 6.28. The minimum atomic E-state index is -4.16. The molecule has 0 saturated carbocycles. The van der Waals surface area contributed by atoms with Crippen molar-refractivity contribution in [2.45, 2.75) is 16.4 Å². The van der Waals surface area contributed by atoms with Crippen LogP contribution in [0.15, 0.2) is 126 Å². The molecule has 6 aromatic rings. The first-order chi connectivity index (χ1) is 21.9. The fraction of sp³-hybridized carbons (Fsp3) is 0.0323. The number of rotatable bonds is 8. The Bertz CT molecular complexity index is 2250. The number of anilines is 2. The average Bonchev–Trinajstić information content (AvgIpc) is 3.01. The summed E-state index contributed by atoms with van der Waals surface area (Å²) >= 11 is 0. The third-order valence-electron chi connectivity index (χ3n) is 6.37. The van der Waals surface area contributed by atoms with Crippen LogP contribution in [0.3, 0.4) is 0 Å². The molecule has 4 aromatic carbocycles. The van der Waals surface area contributed by atoms with E-state index >= 15 is 0 Å². The van der Waals surface area contributed by atoms with Crippen LogP contribution in [0.4, 0.5) is 28.9 Å². The number of aromatic nitrogens is 2. The lowest BCUT2D eigenvalue weighted by molar-refractivity contribution is -0.0500. The Labute approximate surface area is 260 Å². The Kier molecular flexibility index (Phi) is 9.34. The number of fused-ring (bicyclic) bond motifs is 2. The SMILES string of the molecule is O=S(=O)(Nc1cccc2cnccc12)c1ccc(F)cc1F.O=S(=O)(Nc1cccc2cnccc12)c1cccc(OC(F)F)c1. The number of benzene rings is 4. The maximum atomic E-state index is 13.7. The van der Waals surface area contributed by atoms with Gasteiger partial charge in [-0.3, -0.25) is 19.4 Å². The van der Waals surface area contributed by atoms with Crippen LogP contribution < -0.4 is 14.2 Å². The van der Waals surface area contributed by atoms with Crippen LogP contribution in [0.1, 0.15) is 0 Å². The van der Waals surface area contributed by atoms with Crippen molar-refractivity contribution >= 4 is 53.0 Å².